The number of rotatable bonds is 12. The largest absolute Gasteiger partial charge is 0.444 e. The number of alkyl carbamates (subject to hydrolysis) is 1. The number of unbranched alkanes of at least 4 members (excludes halogenated alkanes) is 3. The molecule has 1 atom stereocenters. The third-order valence-corrected chi connectivity index (χ3v) is 4.89. The number of nitrogens with zero attached hydrogens (tertiary/aromatic N) is 1. The van der Waals surface area contributed by atoms with E-state index in [1.807, 2.05) is 6.92 Å². The van der Waals surface area contributed by atoms with Crippen LogP contribution in [0.1, 0.15) is 83.9 Å². The molecule has 0 aliphatic rings. The quantitative estimate of drug-likeness (QED) is 0.364. The third kappa shape index (κ3) is 10.4. The first kappa shape index (κ1) is 28.0. The van der Waals surface area contributed by atoms with Gasteiger partial charge in [0.05, 0.1) is 0 Å². The number of benzene rings is 1. The van der Waals surface area contributed by atoms with Crippen molar-refractivity contribution in [3.63, 3.8) is 0 Å². The number of hydrogen-bond donors (Lipinski definition) is 2. The smallest absolute Gasteiger partial charge is 0.408 e. The van der Waals surface area contributed by atoms with Crippen LogP contribution in [0.2, 0.25) is 0 Å². The highest BCUT2D eigenvalue weighted by Crippen LogP contribution is 2.23. The molecule has 7 heteroatoms. The van der Waals surface area contributed by atoms with Gasteiger partial charge in [-0.3, -0.25) is 9.59 Å². The molecular weight excluding hydrogens is 418 g/mol. The van der Waals surface area contributed by atoms with E-state index in [4.69, 9.17) is 11.2 Å². The average molecular weight is 458 g/mol. The lowest BCUT2D eigenvalue weighted by Gasteiger charge is -2.32. The zero-order valence-corrected chi connectivity index (χ0v) is 20.7. The van der Waals surface area contributed by atoms with Gasteiger partial charge in [-0.05, 0) is 51.3 Å². The van der Waals surface area contributed by atoms with Gasteiger partial charge in [0.25, 0.3) is 0 Å². The second-order valence-corrected chi connectivity index (χ2v) is 8.96. The highest BCUT2D eigenvalue weighted by Gasteiger charge is 2.31. The molecule has 0 aliphatic heterocycles. The van der Waals surface area contributed by atoms with Crippen LogP contribution in [0.4, 0.5) is 4.79 Å². The summed E-state index contributed by atoms with van der Waals surface area (Å²) in [4.78, 5) is 40.0. The molecule has 0 heterocycles. The minimum atomic E-state index is -0.821. The SMILES string of the molecule is C#Cc1ccc(C(C(=O)NCCCCC)N(CCCC)C(=O)CNC(=O)OC(C)(C)C)cc1. The maximum Gasteiger partial charge on any atom is 0.408 e. The van der Waals surface area contributed by atoms with Crippen molar-refractivity contribution in [2.75, 3.05) is 19.6 Å². The third-order valence-electron chi connectivity index (χ3n) is 4.89. The summed E-state index contributed by atoms with van der Waals surface area (Å²) in [5, 5.41) is 5.48. The number of amides is 3. The van der Waals surface area contributed by atoms with E-state index in [1.54, 1.807) is 45.0 Å². The summed E-state index contributed by atoms with van der Waals surface area (Å²) in [7, 11) is 0. The summed E-state index contributed by atoms with van der Waals surface area (Å²) in [5.41, 5.74) is 0.692. The van der Waals surface area contributed by atoms with Crippen LogP contribution >= 0.6 is 0 Å². The van der Waals surface area contributed by atoms with E-state index in [-0.39, 0.29) is 18.4 Å². The molecule has 1 aromatic carbocycles. The Morgan fingerprint density at radius 1 is 1.03 bits per heavy atom. The van der Waals surface area contributed by atoms with Crippen molar-refractivity contribution in [3.8, 4) is 12.3 Å². The lowest BCUT2D eigenvalue weighted by atomic mass is 10.0. The summed E-state index contributed by atoms with van der Waals surface area (Å²) in [5.74, 6) is 1.96. The Morgan fingerprint density at radius 2 is 1.67 bits per heavy atom. The molecular formula is C26H39N3O4. The number of terminal acetylenes is 1. The Bertz CT molecular complexity index is 806. The van der Waals surface area contributed by atoms with E-state index in [9.17, 15) is 14.4 Å². The van der Waals surface area contributed by atoms with E-state index < -0.39 is 17.7 Å². The fraction of sp³-hybridized carbons (Fsp3) is 0.577. The molecule has 0 aliphatic carbocycles. The fourth-order valence-corrected chi connectivity index (χ4v) is 3.21. The lowest BCUT2D eigenvalue weighted by molar-refractivity contribution is -0.140. The predicted octanol–water partition coefficient (Wildman–Crippen LogP) is 4.17. The highest BCUT2D eigenvalue weighted by atomic mass is 16.6. The van der Waals surface area contributed by atoms with E-state index >= 15 is 0 Å². The van der Waals surface area contributed by atoms with Crippen molar-refractivity contribution < 1.29 is 19.1 Å². The summed E-state index contributed by atoms with van der Waals surface area (Å²) in [6.45, 7) is 10.0. The van der Waals surface area contributed by atoms with Gasteiger partial charge in [-0.15, -0.1) is 6.42 Å². The second-order valence-electron chi connectivity index (χ2n) is 8.96. The zero-order chi connectivity index (χ0) is 24.9. The summed E-state index contributed by atoms with van der Waals surface area (Å²) < 4.78 is 5.22. The van der Waals surface area contributed by atoms with Crippen LogP contribution in [0, 0.1) is 12.3 Å². The molecule has 33 heavy (non-hydrogen) atoms. The predicted molar refractivity (Wildman–Crippen MR) is 131 cm³/mol. The van der Waals surface area contributed by atoms with Gasteiger partial charge in [0.15, 0.2) is 0 Å². The first-order chi connectivity index (χ1) is 15.6. The van der Waals surface area contributed by atoms with Crippen LogP contribution in [0.3, 0.4) is 0 Å². The highest BCUT2D eigenvalue weighted by molar-refractivity contribution is 5.90. The van der Waals surface area contributed by atoms with Gasteiger partial charge in [0.1, 0.15) is 18.2 Å². The minimum Gasteiger partial charge on any atom is -0.444 e. The topological polar surface area (TPSA) is 87.7 Å². The number of ether oxygens (including phenoxy) is 1. The number of carbonyl (C=O) groups is 3. The van der Waals surface area contributed by atoms with Gasteiger partial charge in [-0.1, -0.05) is 51.2 Å². The molecule has 0 saturated heterocycles. The summed E-state index contributed by atoms with van der Waals surface area (Å²) in [6, 6.07) is 6.25. The molecule has 1 rings (SSSR count). The van der Waals surface area contributed by atoms with Crippen molar-refractivity contribution in [1.82, 2.24) is 15.5 Å². The lowest BCUT2D eigenvalue weighted by Crippen LogP contribution is -2.48. The fourth-order valence-electron chi connectivity index (χ4n) is 3.21. The molecule has 0 aromatic heterocycles. The van der Waals surface area contributed by atoms with Crippen LogP contribution in [-0.2, 0) is 14.3 Å². The molecule has 1 unspecified atom stereocenters. The summed E-state index contributed by atoms with van der Waals surface area (Å²) >= 11 is 0. The Balaban J connectivity index is 3.12. The molecule has 1 aromatic rings. The Labute approximate surface area is 198 Å². The standard InChI is InChI=1S/C26H39N3O4/c1-7-10-12-17-27-24(31)23(21-15-13-20(9-3)14-16-21)29(18-11-8-2)22(30)19-28-25(32)33-26(4,5)6/h3,13-16,23H,7-8,10-12,17-19H2,1-2,4-6H3,(H,27,31)(H,28,32). The average Bonchev–Trinajstić information content (AvgIpc) is 2.76. The molecule has 0 bridgehead atoms. The molecule has 0 spiro atoms. The van der Waals surface area contributed by atoms with Crippen LogP contribution in [0.25, 0.3) is 0 Å². The van der Waals surface area contributed by atoms with Gasteiger partial charge in [-0.2, -0.15) is 0 Å². The van der Waals surface area contributed by atoms with Gasteiger partial charge in [0, 0.05) is 18.7 Å². The van der Waals surface area contributed by atoms with Crippen molar-refractivity contribution in [3.05, 3.63) is 35.4 Å². The number of hydrogen-bond acceptors (Lipinski definition) is 4. The number of carbonyl (C=O) groups excluding carboxylic acids is 3. The normalized spacial score (nSPS) is 11.8. The van der Waals surface area contributed by atoms with E-state index in [0.29, 0.717) is 24.2 Å². The van der Waals surface area contributed by atoms with Crippen molar-refractivity contribution in [2.45, 2.75) is 78.4 Å². The van der Waals surface area contributed by atoms with Gasteiger partial charge in [0.2, 0.25) is 11.8 Å². The van der Waals surface area contributed by atoms with Crippen molar-refractivity contribution >= 4 is 17.9 Å². The second kappa shape index (κ2) is 14.2. The van der Waals surface area contributed by atoms with Crippen molar-refractivity contribution in [1.29, 1.82) is 0 Å². The Hall–Kier alpha value is -3.01. The molecule has 3 amide bonds. The molecule has 2 N–H and O–H groups in total. The van der Waals surface area contributed by atoms with Gasteiger partial charge >= 0.3 is 6.09 Å². The zero-order valence-electron chi connectivity index (χ0n) is 20.7. The minimum absolute atomic E-state index is 0.249. The number of nitrogens with one attached hydrogen (secondary N) is 2. The van der Waals surface area contributed by atoms with Gasteiger partial charge in [-0.25, -0.2) is 4.79 Å². The molecule has 182 valence electrons. The molecule has 0 radical (unpaired) electrons. The molecule has 7 nitrogen and oxygen atoms in total. The monoisotopic (exact) mass is 457 g/mol. The summed E-state index contributed by atoms with van der Waals surface area (Å²) in [6.07, 6.45) is 9.30. The van der Waals surface area contributed by atoms with E-state index in [2.05, 4.69) is 23.5 Å². The van der Waals surface area contributed by atoms with Gasteiger partial charge < -0.3 is 20.3 Å². The van der Waals surface area contributed by atoms with Crippen LogP contribution in [-0.4, -0.2) is 48.0 Å². The van der Waals surface area contributed by atoms with Crippen molar-refractivity contribution in [2.24, 2.45) is 0 Å². The van der Waals surface area contributed by atoms with E-state index in [0.717, 1.165) is 32.1 Å². The molecule has 0 fully saturated rings. The maximum absolute atomic E-state index is 13.2. The maximum atomic E-state index is 13.2. The van der Waals surface area contributed by atoms with Crippen LogP contribution in [0.15, 0.2) is 24.3 Å². The molecule has 0 saturated carbocycles. The van der Waals surface area contributed by atoms with E-state index in [1.165, 1.54) is 4.90 Å². The Kier molecular flexibility index (Phi) is 12.1. The van der Waals surface area contributed by atoms with Crippen LogP contribution in [0.5, 0.6) is 0 Å². The van der Waals surface area contributed by atoms with Crippen LogP contribution < -0.4 is 10.6 Å². The Morgan fingerprint density at radius 3 is 2.21 bits per heavy atom. The first-order valence-corrected chi connectivity index (χ1v) is 11.7. The first-order valence-electron chi connectivity index (χ1n) is 11.7.